The number of hydrogen-bond donors (Lipinski definition) is 1. The summed E-state index contributed by atoms with van der Waals surface area (Å²) < 4.78 is 5.86. The van der Waals surface area contributed by atoms with E-state index >= 15 is 0 Å². The van der Waals surface area contributed by atoms with Crippen LogP contribution in [0.1, 0.15) is 17.5 Å². The van der Waals surface area contributed by atoms with E-state index in [4.69, 9.17) is 4.74 Å². The first-order chi connectivity index (χ1) is 7.25. The number of ether oxygens (including phenoxy) is 1. The van der Waals surface area contributed by atoms with E-state index < -0.39 is 0 Å². The fraction of sp³-hybridized carbons (Fsp3) is 0.538. The van der Waals surface area contributed by atoms with Gasteiger partial charge >= 0.3 is 0 Å². The second kappa shape index (κ2) is 4.67. The number of aryl methyl sites for hydroxylation is 2. The molecule has 2 rings (SSSR count). The van der Waals surface area contributed by atoms with Gasteiger partial charge in [0.1, 0.15) is 5.75 Å². The van der Waals surface area contributed by atoms with Gasteiger partial charge in [0.05, 0.1) is 6.61 Å². The lowest BCUT2D eigenvalue weighted by Gasteiger charge is -2.13. The molecule has 2 nitrogen and oxygen atoms in total. The van der Waals surface area contributed by atoms with E-state index in [-0.39, 0.29) is 0 Å². The minimum Gasteiger partial charge on any atom is -0.493 e. The van der Waals surface area contributed by atoms with Gasteiger partial charge in [0.2, 0.25) is 0 Å². The third-order valence-electron chi connectivity index (χ3n) is 2.98. The number of rotatable bonds is 3. The van der Waals surface area contributed by atoms with Crippen molar-refractivity contribution in [3.05, 3.63) is 29.3 Å². The summed E-state index contributed by atoms with van der Waals surface area (Å²) in [6, 6.07) is 6.37. The van der Waals surface area contributed by atoms with E-state index in [0.717, 1.165) is 25.4 Å². The van der Waals surface area contributed by atoms with E-state index in [1.807, 2.05) is 0 Å². The summed E-state index contributed by atoms with van der Waals surface area (Å²) in [5, 5.41) is 3.35. The van der Waals surface area contributed by atoms with Gasteiger partial charge in [-0.3, -0.25) is 0 Å². The Labute approximate surface area is 91.6 Å². The van der Waals surface area contributed by atoms with Crippen LogP contribution < -0.4 is 10.1 Å². The van der Waals surface area contributed by atoms with Gasteiger partial charge in [-0.05, 0) is 44.0 Å². The minimum absolute atomic E-state index is 0.685. The normalized spacial score (nSPS) is 20.5. The highest BCUT2D eigenvalue weighted by Crippen LogP contribution is 2.20. The zero-order chi connectivity index (χ0) is 10.7. The van der Waals surface area contributed by atoms with Crippen LogP contribution in [0, 0.1) is 19.8 Å². The van der Waals surface area contributed by atoms with Crippen LogP contribution in [0.4, 0.5) is 0 Å². The van der Waals surface area contributed by atoms with Crippen molar-refractivity contribution in [1.29, 1.82) is 0 Å². The fourth-order valence-electron chi connectivity index (χ4n) is 1.93. The van der Waals surface area contributed by atoms with Gasteiger partial charge in [-0.15, -0.1) is 0 Å². The van der Waals surface area contributed by atoms with E-state index in [2.05, 4.69) is 37.4 Å². The summed E-state index contributed by atoms with van der Waals surface area (Å²) in [4.78, 5) is 0. The van der Waals surface area contributed by atoms with Crippen molar-refractivity contribution in [2.24, 2.45) is 5.92 Å². The van der Waals surface area contributed by atoms with Crippen LogP contribution >= 0.6 is 0 Å². The monoisotopic (exact) mass is 205 g/mol. The first-order valence-corrected chi connectivity index (χ1v) is 5.66. The maximum Gasteiger partial charge on any atom is 0.122 e. The predicted octanol–water partition coefficient (Wildman–Crippen LogP) is 2.29. The average molecular weight is 205 g/mol. The molecule has 0 spiro atoms. The van der Waals surface area contributed by atoms with Gasteiger partial charge < -0.3 is 10.1 Å². The summed E-state index contributed by atoms with van der Waals surface area (Å²) in [5.41, 5.74) is 2.49. The van der Waals surface area contributed by atoms with Crippen LogP contribution in [0.2, 0.25) is 0 Å². The molecule has 2 heteroatoms. The Morgan fingerprint density at radius 3 is 3.00 bits per heavy atom. The highest BCUT2D eigenvalue weighted by Gasteiger charge is 2.15. The lowest BCUT2D eigenvalue weighted by molar-refractivity contribution is 0.258. The Kier molecular flexibility index (Phi) is 3.27. The summed E-state index contributed by atoms with van der Waals surface area (Å²) in [7, 11) is 0. The molecule has 1 aliphatic heterocycles. The SMILES string of the molecule is Cc1ccc(C)c(OCC2CCNC2)c1. The van der Waals surface area contributed by atoms with Crippen molar-refractivity contribution in [2.45, 2.75) is 20.3 Å². The van der Waals surface area contributed by atoms with Crippen LogP contribution in [0.3, 0.4) is 0 Å². The van der Waals surface area contributed by atoms with Crippen LogP contribution in [0.15, 0.2) is 18.2 Å². The zero-order valence-corrected chi connectivity index (χ0v) is 9.55. The Balaban J connectivity index is 1.94. The molecule has 15 heavy (non-hydrogen) atoms. The molecule has 1 aromatic carbocycles. The summed E-state index contributed by atoms with van der Waals surface area (Å²) in [6.07, 6.45) is 1.24. The first kappa shape index (κ1) is 10.5. The highest BCUT2D eigenvalue weighted by molar-refractivity contribution is 5.35. The van der Waals surface area contributed by atoms with Crippen LogP contribution in [-0.4, -0.2) is 19.7 Å². The van der Waals surface area contributed by atoms with Gasteiger partial charge in [-0.25, -0.2) is 0 Å². The zero-order valence-electron chi connectivity index (χ0n) is 9.55. The average Bonchev–Trinajstić information content (AvgIpc) is 2.72. The van der Waals surface area contributed by atoms with Gasteiger partial charge in [0.15, 0.2) is 0 Å². The molecule has 0 saturated carbocycles. The summed E-state index contributed by atoms with van der Waals surface area (Å²) in [6.45, 7) is 7.29. The molecule has 1 saturated heterocycles. The standard InChI is InChI=1S/C13H19NO/c1-10-3-4-11(2)13(7-10)15-9-12-5-6-14-8-12/h3-4,7,12,14H,5-6,8-9H2,1-2H3. The van der Waals surface area contributed by atoms with Crippen molar-refractivity contribution < 1.29 is 4.74 Å². The Morgan fingerprint density at radius 1 is 1.40 bits per heavy atom. The Bertz CT molecular complexity index is 329. The quantitative estimate of drug-likeness (QED) is 0.817. The molecule has 1 aromatic rings. The topological polar surface area (TPSA) is 21.3 Å². The van der Waals surface area contributed by atoms with Gasteiger partial charge in [0.25, 0.3) is 0 Å². The fourth-order valence-corrected chi connectivity index (χ4v) is 1.93. The molecule has 0 radical (unpaired) electrons. The van der Waals surface area contributed by atoms with Gasteiger partial charge in [-0.2, -0.15) is 0 Å². The maximum atomic E-state index is 5.86. The molecule has 0 amide bonds. The lowest BCUT2D eigenvalue weighted by atomic mass is 10.1. The molecule has 1 heterocycles. The molecule has 1 fully saturated rings. The third kappa shape index (κ3) is 2.72. The second-order valence-electron chi connectivity index (χ2n) is 4.44. The molecule has 1 aliphatic rings. The van der Waals surface area contributed by atoms with E-state index in [9.17, 15) is 0 Å². The molecular formula is C13H19NO. The minimum atomic E-state index is 0.685. The molecule has 82 valence electrons. The van der Waals surface area contributed by atoms with E-state index in [1.165, 1.54) is 17.5 Å². The van der Waals surface area contributed by atoms with Gasteiger partial charge in [-0.1, -0.05) is 12.1 Å². The molecule has 1 N–H and O–H groups in total. The van der Waals surface area contributed by atoms with Crippen LogP contribution in [-0.2, 0) is 0 Å². The molecule has 1 atom stereocenters. The number of hydrogen-bond acceptors (Lipinski definition) is 2. The van der Waals surface area contributed by atoms with Crippen molar-refractivity contribution in [2.75, 3.05) is 19.7 Å². The smallest absolute Gasteiger partial charge is 0.122 e. The molecule has 0 bridgehead atoms. The molecule has 0 aliphatic carbocycles. The van der Waals surface area contributed by atoms with Crippen molar-refractivity contribution in [3.63, 3.8) is 0 Å². The third-order valence-corrected chi connectivity index (χ3v) is 2.98. The molecular weight excluding hydrogens is 186 g/mol. The number of benzene rings is 1. The summed E-state index contributed by atoms with van der Waals surface area (Å²) >= 11 is 0. The largest absolute Gasteiger partial charge is 0.493 e. The number of nitrogens with one attached hydrogen (secondary N) is 1. The summed E-state index contributed by atoms with van der Waals surface area (Å²) in [5.74, 6) is 1.73. The van der Waals surface area contributed by atoms with Gasteiger partial charge in [0, 0.05) is 12.5 Å². The van der Waals surface area contributed by atoms with E-state index in [0.29, 0.717) is 5.92 Å². The Morgan fingerprint density at radius 2 is 2.27 bits per heavy atom. The predicted molar refractivity (Wildman–Crippen MR) is 62.4 cm³/mol. The molecule has 1 unspecified atom stereocenters. The Hall–Kier alpha value is -1.02. The molecule has 0 aromatic heterocycles. The highest BCUT2D eigenvalue weighted by atomic mass is 16.5. The van der Waals surface area contributed by atoms with Crippen molar-refractivity contribution in [1.82, 2.24) is 5.32 Å². The van der Waals surface area contributed by atoms with E-state index in [1.54, 1.807) is 0 Å². The first-order valence-electron chi connectivity index (χ1n) is 5.66. The van der Waals surface area contributed by atoms with Crippen molar-refractivity contribution in [3.8, 4) is 5.75 Å². The van der Waals surface area contributed by atoms with Crippen LogP contribution in [0.5, 0.6) is 5.75 Å². The maximum absolute atomic E-state index is 5.86. The second-order valence-corrected chi connectivity index (χ2v) is 4.44. The van der Waals surface area contributed by atoms with Crippen LogP contribution in [0.25, 0.3) is 0 Å². The lowest BCUT2D eigenvalue weighted by Crippen LogP contribution is -2.15. The van der Waals surface area contributed by atoms with Crippen molar-refractivity contribution >= 4 is 0 Å².